The Morgan fingerprint density at radius 2 is 2.25 bits per heavy atom. The topological polar surface area (TPSA) is 137 Å². The zero-order valence-corrected chi connectivity index (χ0v) is 14.5. The molecule has 0 fully saturated rings. The molecule has 0 saturated carbocycles. The number of carboxylic acid groups (broad SMARTS) is 1. The third kappa shape index (κ3) is 4.96. The molecule has 2 aromatic heterocycles. The van der Waals surface area contributed by atoms with E-state index in [1.54, 1.807) is 6.20 Å². The number of aliphatic hydroxyl groups excluding tert-OH is 1. The number of hydrogen-bond donors (Lipinski definition) is 4. The zero-order valence-electron chi connectivity index (χ0n) is 13.6. The SMILES string of the molecule is CC(C)CC(C(=O)O)[C@H](Cc1cnc(NCCO)s1)c1nnn[nH]1. The van der Waals surface area contributed by atoms with Gasteiger partial charge in [0.05, 0.1) is 12.5 Å². The van der Waals surface area contributed by atoms with E-state index in [1.807, 2.05) is 13.8 Å². The average Bonchev–Trinajstić information content (AvgIpc) is 3.19. The number of carbonyl (C=O) groups is 1. The highest BCUT2D eigenvalue weighted by atomic mass is 32.1. The Labute approximate surface area is 143 Å². The third-order valence-corrected chi connectivity index (χ3v) is 4.58. The summed E-state index contributed by atoms with van der Waals surface area (Å²) in [5.74, 6) is -1.08. The predicted molar refractivity (Wildman–Crippen MR) is 88.9 cm³/mol. The molecule has 2 rings (SSSR count). The molecular formula is C14H22N6O3S. The van der Waals surface area contributed by atoms with Crippen LogP contribution in [0.5, 0.6) is 0 Å². The first kappa shape index (κ1) is 18.3. The number of carboxylic acids is 1. The molecule has 132 valence electrons. The van der Waals surface area contributed by atoms with Crippen molar-refractivity contribution in [1.29, 1.82) is 0 Å². The summed E-state index contributed by atoms with van der Waals surface area (Å²) in [7, 11) is 0. The van der Waals surface area contributed by atoms with Crippen molar-refractivity contribution in [2.75, 3.05) is 18.5 Å². The summed E-state index contributed by atoms with van der Waals surface area (Å²) >= 11 is 1.44. The van der Waals surface area contributed by atoms with Crippen molar-refractivity contribution >= 4 is 22.4 Å². The van der Waals surface area contributed by atoms with E-state index in [0.717, 1.165) is 4.88 Å². The fourth-order valence-electron chi connectivity index (χ4n) is 2.56. The van der Waals surface area contributed by atoms with Gasteiger partial charge in [-0.3, -0.25) is 4.79 Å². The van der Waals surface area contributed by atoms with E-state index < -0.39 is 11.9 Å². The average molecular weight is 354 g/mol. The molecule has 0 aliphatic rings. The maximum atomic E-state index is 11.8. The molecule has 9 nitrogen and oxygen atoms in total. The molecule has 2 atom stereocenters. The molecule has 0 aromatic carbocycles. The normalized spacial score (nSPS) is 13.8. The van der Waals surface area contributed by atoms with Gasteiger partial charge in [0.1, 0.15) is 0 Å². The lowest BCUT2D eigenvalue weighted by atomic mass is 9.82. The number of H-pyrrole nitrogens is 1. The van der Waals surface area contributed by atoms with Gasteiger partial charge in [0.15, 0.2) is 11.0 Å². The molecule has 0 saturated heterocycles. The van der Waals surface area contributed by atoms with Crippen molar-refractivity contribution in [3.63, 3.8) is 0 Å². The summed E-state index contributed by atoms with van der Waals surface area (Å²) < 4.78 is 0. The van der Waals surface area contributed by atoms with Gasteiger partial charge in [0.2, 0.25) is 0 Å². The maximum Gasteiger partial charge on any atom is 0.307 e. The Kier molecular flexibility index (Phi) is 6.62. The lowest BCUT2D eigenvalue weighted by molar-refractivity contribution is -0.143. The van der Waals surface area contributed by atoms with E-state index in [4.69, 9.17) is 5.11 Å². The predicted octanol–water partition coefficient (Wildman–Crippen LogP) is 1.13. The number of nitrogens with zero attached hydrogens (tertiary/aromatic N) is 4. The first-order valence-electron chi connectivity index (χ1n) is 7.77. The molecule has 24 heavy (non-hydrogen) atoms. The van der Waals surface area contributed by atoms with Gasteiger partial charge in [-0.05, 0) is 29.2 Å². The van der Waals surface area contributed by atoms with Crippen LogP contribution in [-0.4, -0.2) is 54.9 Å². The molecule has 10 heteroatoms. The minimum atomic E-state index is -0.853. The Bertz CT molecular complexity index is 630. The van der Waals surface area contributed by atoms with Crippen molar-refractivity contribution in [2.45, 2.75) is 32.6 Å². The smallest absolute Gasteiger partial charge is 0.307 e. The zero-order chi connectivity index (χ0) is 17.5. The number of aromatic amines is 1. The number of aliphatic carboxylic acids is 1. The minimum Gasteiger partial charge on any atom is -0.481 e. The number of nitrogens with one attached hydrogen (secondary N) is 2. The van der Waals surface area contributed by atoms with Crippen molar-refractivity contribution in [3.8, 4) is 0 Å². The van der Waals surface area contributed by atoms with Crippen LogP contribution in [-0.2, 0) is 11.2 Å². The van der Waals surface area contributed by atoms with Crippen molar-refractivity contribution in [2.24, 2.45) is 11.8 Å². The summed E-state index contributed by atoms with van der Waals surface area (Å²) in [5, 5.41) is 36.0. The van der Waals surface area contributed by atoms with Gasteiger partial charge in [0, 0.05) is 23.5 Å². The number of hydrogen-bond acceptors (Lipinski definition) is 8. The van der Waals surface area contributed by atoms with Gasteiger partial charge in [-0.1, -0.05) is 13.8 Å². The van der Waals surface area contributed by atoms with Crippen LogP contribution in [0.25, 0.3) is 0 Å². The Hall–Kier alpha value is -2.07. The summed E-state index contributed by atoms with van der Waals surface area (Å²) in [5.41, 5.74) is 0. The van der Waals surface area contributed by atoms with Gasteiger partial charge in [-0.15, -0.1) is 16.4 Å². The number of anilines is 1. The molecule has 0 aliphatic heterocycles. The fraction of sp³-hybridized carbons (Fsp3) is 0.643. The highest BCUT2D eigenvalue weighted by Gasteiger charge is 2.33. The standard InChI is InChI=1S/C14H22N6O3S/c1-8(2)5-11(13(22)23)10(12-17-19-20-18-12)6-9-7-16-14(24-9)15-3-4-21/h7-8,10-11,21H,3-6H2,1-2H3,(H,15,16)(H,22,23)(H,17,18,19,20)/t10-,11?/m0/s1. The van der Waals surface area contributed by atoms with Crippen LogP contribution in [0.15, 0.2) is 6.20 Å². The monoisotopic (exact) mass is 354 g/mol. The Morgan fingerprint density at radius 3 is 2.83 bits per heavy atom. The molecule has 0 radical (unpaired) electrons. The van der Waals surface area contributed by atoms with Crippen molar-refractivity contribution < 1.29 is 15.0 Å². The number of aliphatic hydroxyl groups is 1. The van der Waals surface area contributed by atoms with Gasteiger partial charge in [-0.2, -0.15) is 0 Å². The fourth-order valence-corrected chi connectivity index (χ4v) is 3.46. The summed E-state index contributed by atoms with van der Waals surface area (Å²) in [6.45, 7) is 4.44. The van der Waals surface area contributed by atoms with Crippen LogP contribution < -0.4 is 5.32 Å². The number of thiazole rings is 1. The van der Waals surface area contributed by atoms with Crippen LogP contribution in [0.4, 0.5) is 5.13 Å². The quantitative estimate of drug-likeness (QED) is 0.498. The molecular weight excluding hydrogens is 332 g/mol. The van der Waals surface area contributed by atoms with Gasteiger partial charge < -0.3 is 15.5 Å². The van der Waals surface area contributed by atoms with E-state index in [-0.39, 0.29) is 18.4 Å². The van der Waals surface area contributed by atoms with Crippen LogP contribution in [0.3, 0.4) is 0 Å². The summed E-state index contributed by atoms with van der Waals surface area (Å²) in [6, 6.07) is 0. The van der Waals surface area contributed by atoms with Gasteiger partial charge >= 0.3 is 5.97 Å². The minimum absolute atomic E-state index is 0.0246. The second kappa shape index (κ2) is 8.69. The molecule has 2 heterocycles. The van der Waals surface area contributed by atoms with E-state index in [1.165, 1.54) is 11.3 Å². The lowest BCUT2D eigenvalue weighted by Crippen LogP contribution is -2.26. The van der Waals surface area contributed by atoms with Crippen LogP contribution in [0.1, 0.15) is 36.9 Å². The van der Waals surface area contributed by atoms with E-state index in [2.05, 4.69) is 30.9 Å². The van der Waals surface area contributed by atoms with Crippen LogP contribution in [0, 0.1) is 11.8 Å². The first-order valence-corrected chi connectivity index (χ1v) is 8.58. The Balaban J connectivity index is 2.20. The maximum absolute atomic E-state index is 11.8. The molecule has 0 amide bonds. The van der Waals surface area contributed by atoms with Gasteiger partial charge in [0.25, 0.3) is 0 Å². The second-order valence-corrected chi connectivity index (χ2v) is 7.07. The van der Waals surface area contributed by atoms with E-state index in [0.29, 0.717) is 30.3 Å². The van der Waals surface area contributed by atoms with Crippen LogP contribution in [0.2, 0.25) is 0 Å². The molecule has 0 spiro atoms. The first-order chi connectivity index (χ1) is 11.5. The third-order valence-electron chi connectivity index (χ3n) is 3.60. The summed E-state index contributed by atoms with van der Waals surface area (Å²) in [6.07, 6.45) is 2.74. The highest BCUT2D eigenvalue weighted by molar-refractivity contribution is 7.15. The molecule has 1 unspecified atom stereocenters. The highest BCUT2D eigenvalue weighted by Crippen LogP contribution is 2.33. The van der Waals surface area contributed by atoms with Gasteiger partial charge in [-0.25, -0.2) is 10.1 Å². The van der Waals surface area contributed by atoms with Crippen molar-refractivity contribution in [1.82, 2.24) is 25.6 Å². The van der Waals surface area contributed by atoms with E-state index in [9.17, 15) is 9.90 Å². The molecule has 0 aliphatic carbocycles. The molecule has 2 aromatic rings. The van der Waals surface area contributed by atoms with E-state index >= 15 is 0 Å². The molecule has 0 bridgehead atoms. The largest absolute Gasteiger partial charge is 0.481 e. The molecule has 4 N–H and O–H groups in total. The number of tetrazole rings is 1. The van der Waals surface area contributed by atoms with Crippen LogP contribution >= 0.6 is 11.3 Å². The lowest BCUT2D eigenvalue weighted by Gasteiger charge is -2.22. The van der Waals surface area contributed by atoms with Crippen molar-refractivity contribution in [3.05, 3.63) is 16.9 Å². The summed E-state index contributed by atoms with van der Waals surface area (Å²) in [4.78, 5) is 17.0. The number of rotatable bonds is 10. The second-order valence-electron chi connectivity index (χ2n) is 5.95. The number of aromatic nitrogens is 5. The Morgan fingerprint density at radius 1 is 1.46 bits per heavy atom.